The molecule has 0 aliphatic carbocycles. The van der Waals surface area contributed by atoms with E-state index in [1.807, 2.05) is 55.5 Å². The molecule has 1 unspecified atom stereocenters. The normalized spacial score (nSPS) is 24.5. The monoisotopic (exact) mass is 605 g/mol. The molecule has 0 spiro atoms. The van der Waals surface area contributed by atoms with E-state index in [9.17, 15) is 19.2 Å². The maximum atomic E-state index is 13.8. The van der Waals surface area contributed by atoms with Gasteiger partial charge in [0.15, 0.2) is 0 Å². The van der Waals surface area contributed by atoms with E-state index in [0.717, 1.165) is 41.7 Å². The van der Waals surface area contributed by atoms with Crippen LogP contribution in [0, 0.1) is 12.8 Å². The molecule has 0 radical (unpaired) electrons. The van der Waals surface area contributed by atoms with E-state index in [1.54, 1.807) is 4.90 Å². The summed E-state index contributed by atoms with van der Waals surface area (Å²) in [5.74, 6) is -0.773. The smallest absolute Gasteiger partial charge is 0.245 e. The van der Waals surface area contributed by atoms with E-state index in [2.05, 4.69) is 16.0 Å². The molecule has 4 amide bonds. The molecular formula is C33H43N5O6. The number of rotatable bonds is 5. The van der Waals surface area contributed by atoms with Crippen molar-refractivity contribution in [2.45, 2.75) is 69.6 Å². The number of nitrogens with one attached hydrogen (secondary N) is 3. The molecule has 236 valence electrons. The van der Waals surface area contributed by atoms with E-state index in [0.29, 0.717) is 32.5 Å². The molecule has 3 aliphatic rings. The summed E-state index contributed by atoms with van der Waals surface area (Å²) in [5.41, 5.74) is 7.84. The second kappa shape index (κ2) is 14.2. The van der Waals surface area contributed by atoms with Crippen molar-refractivity contribution >= 4 is 23.6 Å². The molecule has 3 aliphatic heterocycles. The number of carbonyl (C=O) groups excluding carboxylic acids is 4. The summed E-state index contributed by atoms with van der Waals surface area (Å²) in [6.07, 6.45) is 3.23. The van der Waals surface area contributed by atoms with Crippen LogP contribution in [0.1, 0.15) is 48.8 Å². The van der Waals surface area contributed by atoms with Crippen LogP contribution in [-0.2, 0) is 36.9 Å². The van der Waals surface area contributed by atoms with Crippen molar-refractivity contribution in [3.8, 4) is 5.75 Å². The Hall–Kier alpha value is -3.96. The number of amides is 4. The molecule has 2 saturated heterocycles. The Kier molecular flexibility index (Phi) is 10.2. The Balaban J connectivity index is 1.40. The maximum Gasteiger partial charge on any atom is 0.245 e. The number of carbonyl (C=O) groups is 4. The Labute approximate surface area is 258 Å². The summed E-state index contributed by atoms with van der Waals surface area (Å²) in [5, 5.41) is 8.52. The lowest BCUT2D eigenvalue weighted by Crippen LogP contribution is -2.69. The summed E-state index contributed by atoms with van der Waals surface area (Å²) >= 11 is 0. The molecular weight excluding hydrogens is 562 g/mol. The number of nitrogens with two attached hydrogens (primary N) is 1. The van der Waals surface area contributed by atoms with Crippen molar-refractivity contribution in [3.05, 3.63) is 65.2 Å². The maximum absolute atomic E-state index is 13.8. The highest BCUT2D eigenvalue weighted by Crippen LogP contribution is 2.23. The van der Waals surface area contributed by atoms with Crippen LogP contribution in [0.15, 0.2) is 48.5 Å². The van der Waals surface area contributed by atoms with Crippen molar-refractivity contribution in [2.75, 3.05) is 32.9 Å². The highest BCUT2D eigenvalue weighted by Gasteiger charge is 2.44. The Morgan fingerprint density at radius 2 is 1.89 bits per heavy atom. The number of piperidine rings is 1. The summed E-state index contributed by atoms with van der Waals surface area (Å²) in [6.45, 7) is 3.93. The van der Waals surface area contributed by atoms with Crippen molar-refractivity contribution in [1.82, 2.24) is 20.9 Å². The second-order valence-corrected chi connectivity index (χ2v) is 12.3. The Morgan fingerprint density at radius 1 is 1.09 bits per heavy atom. The van der Waals surface area contributed by atoms with Crippen molar-refractivity contribution in [2.24, 2.45) is 11.7 Å². The van der Waals surface area contributed by atoms with Gasteiger partial charge in [-0.3, -0.25) is 19.2 Å². The largest absolute Gasteiger partial charge is 0.494 e. The summed E-state index contributed by atoms with van der Waals surface area (Å²) in [7, 11) is 0. The summed E-state index contributed by atoms with van der Waals surface area (Å²) < 4.78 is 11.2. The molecule has 3 heterocycles. The molecule has 2 fully saturated rings. The zero-order valence-electron chi connectivity index (χ0n) is 25.3. The van der Waals surface area contributed by atoms with Crippen LogP contribution in [0.3, 0.4) is 0 Å². The number of aryl methyl sites for hydroxylation is 2. The fraction of sp³-hybridized carbons (Fsp3) is 0.515. The van der Waals surface area contributed by atoms with Crippen LogP contribution in [0.2, 0.25) is 0 Å². The highest BCUT2D eigenvalue weighted by molar-refractivity contribution is 5.97. The van der Waals surface area contributed by atoms with Gasteiger partial charge >= 0.3 is 0 Å². The SMILES string of the molecule is Cc1ccc2cc1CNC(=O)[C@H](CCc1ccccc1)NC(=O)[C@@H](NC(=O)C1(N)COC1)CC(=O)N1CCCC(CCO2)C1. The molecule has 11 nitrogen and oxygen atoms in total. The van der Waals surface area contributed by atoms with Crippen molar-refractivity contribution in [1.29, 1.82) is 0 Å². The fourth-order valence-corrected chi connectivity index (χ4v) is 5.87. The van der Waals surface area contributed by atoms with E-state index in [4.69, 9.17) is 15.2 Å². The van der Waals surface area contributed by atoms with Gasteiger partial charge in [-0.25, -0.2) is 0 Å². The van der Waals surface area contributed by atoms with E-state index >= 15 is 0 Å². The van der Waals surface area contributed by atoms with E-state index in [1.165, 1.54) is 0 Å². The molecule has 2 aromatic rings. The van der Waals surface area contributed by atoms with Gasteiger partial charge in [0.2, 0.25) is 23.6 Å². The minimum atomic E-state index is -1.26. The van der Waals surface area contributed by atoms with Gasteiger partial charge in [0.05, 0.1) is 26.2 Å². The number of nitrogens with zero attached hydrogens (tertiary/aromatic N) is 1. The summed E-state index contributed by atoms with van der Waals surface area (Å²) in [4.78, 5) is 55.7. The van der Waals surface area contributed by atoms with Gasteiger partial charge < -0.3 is 36.1 Å². The lowest BCUT2D eigenvalue weighted by molar-refractivity contribution is -0.147. The van der Waals surface area contributed by atoms with Crippen LogP contribution in [0.25, 0.3) is 0 Å². The predicted octanol–water partition coefficient (Wildman–Crippen LogP) is 1.35. The van der Waals surface area contributed by atoms with Gasteiger partial charge in [0, 0.05) is 19.6 Å². The van der Waals surface area contributed by atoms with Crippen LogP contribution >= 0.6 is 0 Å². The first-order chi connectivity index (χ1) is 21.2. The van der Waals surface area contributed by atoms with Gasteiger partial charge in [-0.15, -0.1) is 0 Å². The first-order valence-corrected chi connectivity index (χ1v) is 15.5. The quantitative estimate of drug-likeness (QED) is 0.402. The molecule has 0 aromatic heterocycles. The van der Waals surface area contributed by atoms with Crippen LogP contribution in [0.5, 0.6) is 5.75 Å². The molecule has 44 heavy (non-hydrogen) atoms. The van der Waals surface area contributed by atoms with Gasteiger partial charge in [-0.05, 0) is 73.8 Å². The van der Waals surface area contributed by atoms with Gasteiger partial charge in [0.25, 0.3) is 0 Å². The molecule has 2 aromatic carbocycles. The third-order valence-corrected chi connectivity index (χ3v) is 8.81. The first-order valence-electron chi connectivity index (χ1n) is 15.5. The zero-order chi connectivity index (χ0) is 31.1. The van der Waals surface area contributed by atoms with Gasteiger partial charge in [0.1, 0.15) is 23.4 Å². The lowest BCUT2D eigenvalue weighted by Gasteiger charge is -2.37. The standard InChI is InChI=1S/C33H43N5O6/c1-22-9-11-26-16-25(22)18-35-30(40)27(12-10-23-6-3-2-4-7-23)36-31(41)28(37-32(42)33(34)20-43-21-33)17-29(39)38-14-5-8-24(19-38)13-15-44-26/h2-4,6-7,9,11,16,24,27-28H,5,8,10,12-15,17-21,34H2,1H3,(H,35,40)(H,36,41)(H,37,42)/t24?,27-,28-/m0/s1. The lowest BCUT2D eigenvalue weighted by atomic mass is 9.94. The average Bonchev–Trinajstić information content (AvgIpc) is 3.01. The topological polar surface area (TPSA) is 152 Å². The Bertz CT molecular complexity index is 1350. The van der Waals surface area contributed by atoms with Crippen LogP contribution in [-0.4, -0.2) is 79.1 Å². The Morgan fingerprint density at radius 3 is 2.64 bits per heavy atom. The van der Waals surface area contributed by atoms with E-state index in [-0.39, 0.29) is 43.9 Å². The molecule has 4 bridgehead atoms. The third-order valence-electron chi connectivity index (χ3n) is 8.81. The van der Waals surface area contributed by atoms with Gasteiger partial charge in [-0.1, -0.05) is 36.4 Å². The van der Waals surface area contributed by atoms with Crippen molar-refractivity contribution < 1.29 is 28.7 Å². The first kappa shape index (κ1) is 31.5. The molecule has 5 N–H and O–H groups in total. The van der Waals surface area contributed by atoms with Crippen LogP contribution in [0.4, 0.5) is 0 Å². The number of hydrogen-bond donors (Lipinski definition) is 4. The molecule has 0 saturated carbocycles. The third kappa shape index (κ3) is 7.95. The molecule has 11 heteroatoms. The number of hydrogen-bond acceptors (Lipinski definition) is 7. The summed E-state index contributed by atoms with van der Waals surface area (Å²) in [6, 6.07) is 13.4. The minimum absolute atomic E-state index is 0.0275. The average molecular weight is 606 g/mol. The minimum Gasteiger partial charge on any atom is -0.494 e. The number of benzene rings is 2. The zero-order valence-corrected chi connectivity index (χ0v) is 25.3. The van der Waals surface area contributed by atoms with Crippen LogP contribution < -0.4 is 26.4 Å². The van der Waals surface area contributed by atoms with Gasteiger partial charge in [-0.2, -0.15) is 0 Å². The van der Waals surface area contributed by atoms with E-state index < -0.39 is 29.4 Å². The number of ether oxygens (including phenoxy) is 2. The molecule has 3 atom stereocenters. The highest BCUT2D eigenvalue weighted by atomic mass is 16.5. The fourth-order valence-electron chi connectivity index (χ4n) is 5.87. The van der Waals surface area contributed by atoms with Crippen molar-refractivity contribution in [3.63, 3.8) is 0 Å². The number of fused-ring (bicyclic) bond motifs is 4. The predicted molar refractivity (Wildman–Crippen MR) is 163 cm³/mol. The molecule has 5 rings (SSSR count). The second-order valence-electron chi connectivity index (χ2n) is 12.3.